The van der Waals surface area contributed by atoms with Crippen molar-refractivity contribution in [2.45, 2.75) is 10.9 Å². The van der Waals surface area contributed by atoms with Crippen molar-refractivity contribution in [2.75, 3.05) is 14.2 Å². The lowest BCUT2D eigenvalue weighted by Crippen LogP contribution is -2.09. The average molecular weight is 478 g/mol. The minimum absolute atomic E-state index is 0.147. The maximum absolute atomic E-state index is 12.7. The second-order valence-corrected chi connectivity index (χ2v) is 9.00. The predicted molar refractivity (Wildman–Crippen MR) is 130 cm³/mol. The van der Waals surface area contributed by atoms with E-state index >= 15 is 0 Å². The zero-order valence-electron chi connectivity index (χ0n) is 17.8. The van der Waals surface area contributed by atoms with Crippen molar-refractivity contribution >= 4 is 33.3 Å². The van der Waals surface area contributed by atoms with E-state index < -0.39 is 0 Å². The Morgan fingerprint density at radius 2 is 1.91 bits per heavy atom. The lowest BCUT2D eigenvalue weighted by molar-refractivity contribution is 0.412. The van der Waals surface area contributed by atoms with E-state index in [0.29, 0.717) is 27.0 Å². The van der Waals surface area contributed by atoms with Gasteiger partial charge in [0, 0.05) is 4.88 Å². The number of aromatic amines is 1. The third-order valence-electron chi connectivity index (χ3n) is 5.01. The summed E-state index contributed by atoms with van der Waals surface area (Å²) in [6.45, 7) is 0. The minimum atomic E-state index is -0.147. The van der Waals surface area contributed by atoms with Crippen LogP contribution in [0.3, 0.4) is 0 Å². The summed E-state index contributed by atoms with van der Waals surface area (Å²) in [7, 11) is 3.26. The van der Waals surface area contributed by atoms with Crippen molar-refractivity contribution < 1.29 is 9.47 Å². The van der Waals surface area contributed by atoms with Gasteiger partial charge >= 0.3 is 0 Å². The quantitative estimate of drug-likeness (QED) is 0.344. The highest BCUT2D eigenvalue weighted by atomic mass is 32.2. The fourth-order valence-corrected chi connectivity index (χ4v) is 5.19. The molecule has 0 radical (unpaired) electrons. The molecule has 5 aromatic rings. The van der Waals surface area contributed by atoms with E-state index in [9.17, 15) is 4.79 Å². The Balaban J connectivity index is 1.41. The van der Waals surface area contributed by atoms with Gasteiger partial charge in [0.15, 0.2) is 5.16 Å². The fraction of sp³-hybridized carbons (Fsp3) is 0.130. The Hall–Kier alpha value is -3.63. The van der Waals surface area contributed by atoms with Gasteiger partial charge in [0.25, 0.3) is 5.56 Å². The zero-order valence-corrected chi connectivity index (χ0v) is 19.4. The van der Waals surface area contributed by atoms with Crippen molar-refractivity contribution in [3.05, 3.63) is 77.1 Å². The number of H-pyrrole nitrogens is 1. The van der Waals surface area contributed by atoms with E-state index in [4.69, 9.17) is 9.47 Å². The normalized spacial score (nSPS) is 11.1. The molecule has 0 aliphatic carbocycles. The molecule has 0 atom stereocenters. The molecule has 5 rings (SSSR count). The number of benzene rings is 2. The van der Waals surface area contributed by atoms with E-state index in [1.807, 2.05) is 59.2 Å². The number of para-hydroxylation sites is 2. The largest absolute Gasteiger partial charge is 0.497 e. The number of ether oxygens (including phenoxy) is 2. The maximum atomic E-state index is 12.7. The fourth-order valence-electron chi connectivity index (χ4n) is 3.40. The highest BCUT2D eigenvalue weighted by molar-refractivity contribution is 7.98. The van der Waals surface area contributed by atoms with Gasteiger partial charge in [-0.2, -0.15) is 0 Å². The monoisotopic (exact) mass is 477 g/mol. The molecular formula is C23H19N5O3S2. The second kappa shape index (κ2) is 9.08. The number of rotatable bonds is 7. The third kappa shape index (κ3) is 4.22. The van der Waals surface area contributed by atoms with Crippen molar-refractivity contribution in [1.82, 2.24) is 24.7 Å². The first-order valence-corrected chi connectivity index (χ1v) is 11.8. The van der Waals surface area contributed by atoms with Gasteiger partial charge in [-0.1, -0.05) is 23.9 Å². The molecule has 0 unspecified atom stereocenters. The molecule has 0 spiro atoms. The highest BCUT2D eigenvalue weighted by Crippen LogP contribution is 2.32. The van der Waals surface area contributed by atoms with Gasteiger partial charge in [0.05, 0.1) is 31.2 Å². The number of nitrogens with zero attached hydrogens (tertiary/aromatic N) is 4. The first-order chi connectivity index (χ1) is 16.2. The lowest BCUT2D eigenvalue weighted by Gasteiger charge is -2.10. The van der Waals surface area contributed by atoms with E-state index in [-0.39, 0.29) is 5.56 Å². The van der Waals surface area contributed by atoms with Crippen LogP contribution in [0.5, 0.6) is 11.5 Å². The summed E-state index contributed by atoms with van der Waals surface area (Å²) < 4.78 is 13.1. The van der Waals surface area contributed by atoms with Gasteiger partial charge in [-0.05, 0) is 48.0 Å². The van der Waals surface area contributed by atoms with Crippen molar-refractivity contribution in [3.8, 4) is 27.6 Å². The molecule has 166 valence electrons. The average Bonchev–Trinajstić information content (AvgIpc) is 3.50. The van der Waals surface area contributed by atoms with Crippen LogP contribution in [0.15, 0.2) is 70.9 Å². The van der Waals surface area contributed by atoms with Crippen LogP contribution < -0.4 is 15.0 Å². The van der Waals surface area contributed by atoms with Crippen molar-refractivity contribution in [3.63, 3.8) is 0 Å². The Labute approximate surface area is 197 Å². The van der Waals surface area contributed by atoms with E-state index in [2.05, 4.69) is 20.2 Å². The van der Waals surface area contributed by atoms with Crippen LogP contribution in [0.4, 0.5) is 0 Å². The smallest absolute Gasteiger partial charge is 0.268 e. The molecule has 0 fully saturated rings. The number of hydrogen-bond donors (Lipinski definition) is 1. The Kier molecular flexibility index (Phi) is 5.84. The second-order valence-electron chi connectivity index (χ2n) is 7.01. The standard InChI is InChI=1S/C23H19N5O3S2/c1-30-15-9-7-14(8-10-15)19-11-16-21(33-19)22(29)26-20(25-16)12-32-23-27-24-13-28(23)17-5-3-4-6-18(17)31-2/h3-11,13H,12H2,1-2H3,(H,25,26,29). The Bertz CT molecular complexity index is 1470. The van der Waals surface area contributed by atoms with Crippen LogP contribution in [0.2, 0.25) is 0 Å². The molecule has 0 amide bonds. The van der Waals surface area contributed by atoms with Gasteiger partial charge in [-0.25, -0.2) is 4.98 Å². The zero-order chi connectivity index (χ0) is 22.8. The number of fused-ring (bicyclic) bond motifs is 1. The van der Waals surface area contributed by atoms with Crippen LogP contribution in [-0.4, -0.2) is 39.0 Å². The lowest BCUT2D eigenvalue weighted by atomic mass is 10.2. The molecule has 3 aromatic heterocycles. The summed E-state index contributed by atoms with van der Waals surface area (Å²) >= 11 is 2.86. The topological polar surface area (TPSA) is 94.9 Å². The van der Waals surface area contributed by atoms with Gasteiger partial charge in [0.1, 0.15) is 28.4 Å². The molecule has 2 aromatic carbocycles. The molecule has 0 bridgehead atoms. The molecule has 3 heterocycles. The number of methoxy groups -OCH3 is 2. The molecule has 0 aliphatic heterocycles. The van der Waals surface area contributed by atoms with Gasteiger partial charge in [-0.15, -0.1) is 21.5 Å². The maximum Gasteiger partial charge on any atom is 0.268 e. The summed E-state index contributed by atoms with van der Waals surface area (Å²) in [5.74, 6) is 2.52. The third-order valence-corrected chi connectivity index (χ3v) is 7.13. The molecule has 0 saturated heterocycles. The first kappa shape index (κ1) is 21.2. The van der Waals surface area contributed by atoms with Crippen LogP contribution in [0.1, 0.15) is 5.82 Å². The Morgan fingerprint density at radius 1 is 1.09 bits per heavy atom. The summed E-state index contributed by atoms with van der Waals surface area (Å²) in [5.41, 5.74) is 2.38. The SMILES string of the molecule is COc1ccc(-c2cc3nc(CSc4nncn4-c4ccccc4OC)[nH]c(=O)c3s2)cc1. The summed E-state index contributed by atoms with van der Waals surface area (Å²) in [6.07, 6.45) is 1.64. The molecular weight excluding hydrogens is 458 g/mol. The van der Waals surface area contributed by atoms with E-state index in [1.165, 1.54) is 23.1 Å². The predicted octanol–water partition coefficient (Wildman–Crippen LogP) is 4.54. The van der Waals surface area contributed by atoms with Gasteiger partial charge in [0.2, 0.25) is 0 Å². The van der Waals surface area contributed by atoms with Crippen molar-refractivity contribution in [1.29, 1.82) is 0 Å². The summed E-state index contributed by atoms with van der Waals surface area (Å²) in [5, 5.41) is 8.93. The summed E-state index contributed by atoms with van der Waals surface area (Å²) in [6, 6.07) is 17.3. The van der Waals surface area contributed by atoms with E-state index in [0.717, 1.165) is 27.6 Å². The van der Waals surface area contributed by atoms with E-state index in [1.54, 1.807) is 20.5 Å². The minimum Gasteiger partial charge on any atom is -0.497 e. The number of thiophene rings is 1. The van der Waals surface area contributed by atoms with Gasteiger partial charge < -0.3 is 14.5 Å². The van der Waals surface area contributed by atoms with Crippen molar-refractivity contribution in [2.24, 2.45) is 0 Å². The van der Waals surface area contributed by atoms with Crippen LogP contribution >= 0.6 is 23.1 Å². The van der Waals surface area contributed by atoms with Crippen LogP contribution in [0.25, 0.3) is 26.3 Å². The molecule has 10 heteroatoms. The summed E-state index contributed by atoms with van der Waals surface area (Å²) in [4.78, 5) is 21.3. The first-order valence-electron chi connectivity index (χ1n) is 9.99. The molecule has 0 saturated carbocycles. The molecule has 8 nitrogen and oxygen atoms in total. The Morgan fingerprint density at radius 3 is 2.70 bits per heavy atom. The number of aromatic nitrogens is 5. The highest BCUT2D eigenvalue weighted by Gasteiger charge is 2.14. The molecule has 33 heavy (non-hydrogen) atoms. The number of hydrogen-bond acceptors (Lipinski definition) is 8. The van der Waals surface area contributed by atoms with Crippen LogP contribution in [0, 0.1) is 0 Å². The number of thioether (sulfide) groups is 1. The van der Waals surface area contributed by atoms with Crippen LogP contribution in [-0.2, 0) is 5.75 Å². The molecule has 0 aliphatic rings. The molecule has 1 N–H and O–H groups in total. The number of nitrogens with one attached hydrogen (secondary N) is 1. The van der Waals surface area contributed by atoms with Gasteiger partial charge in [-0.3, -0.25) is 9.36 Å².